The lowest BCUT2D eigenvalue weighted by Gasteiger charge is -2.05. The SMILES string of the molecule is Cc1sc(NS(=O)(=O)c2cccs2)c(C(=O)O)c1C. The molecular weight excluding hydrogens is 306 g/mol. The predicted molar refractivity (Wildman–Crippen MR) is 75.9 cm³/mol. The van der Waals surface area contributed by atoms with Crippen LogP contribution < -0.4 is 4.72 Å². The van der Waals surface area contributed by atoms with Crippen LogP contribution in [0.4, 0.5) is 5.00 Å². The van der Waals surface area contributed by atoms with Crippen molar-refractivity contribution in [1.82, 2.24) is 0 Å². The Labute approximate surface area is 118 Å². The summed E-state index contributed by atoms with van der Waals surface area (Å²) < 4.78 is 26.7. The van der Waals surface area contributed by atoms with E-state index in [-0.39, 0.29) is 14.8 Å². The van der Waals surface area contributed by atoms with Crippen molar-refractivity contribution >= 4 is 43.7 Å². The van der Waals surface area contributed by atoms with Crippen LogP contribution in [0.5, 0.6) is 0 Å². The molecule has 2 N–H and O–H groups in total. The van der Waals surface area contributed by atoms with Gasteiger partial charge in [-0.3, -0.25) is 4.72 Å². The molecule has 0 spiro atoms. The highest BCUT2D eigenvalue weighted by Gasteiger charge is 2.24. The smallest absolute Gasteiger partial charge is 0.339 e. The largest absolute Gasteiger partial charge is 0.478 e. The second-order valence-electron chi connectivity index (χ2n) is 3.83. The molecule has 0 atom stereocenters. The zero-order valence-electron chi connectivity index (χ0n) is 10.1. The van der Waals surface area contributed by atoms with Gasteiger partial charge in [0.2, 0.25) is 0 Å². The van der Waals surface area contributed by atoms with Crippen LogP contribution >= 0.6 is 22.7 Å². The molecule has 2 aromatic rings. The number of thiophene rings is 2. The molecule has 2 heterocycles. The Kier molecular flexibility index (Phi) is 3.66. The van der Waals surface area contributed by atoms with E-state index in [0.29, 0.717) is 5.56 Å². The van der Waals surface area contributed by atoms with E-state index >= 15 is 0 Å². The average molecular weight is 317 g/mol. The third kappa shape index (κ3) is 2.65. The van der Waals surface area contributed by atoms with Gasteiger partial charge in [0.25, 0.3) is 10.0 Å². The summed E-state index contributed by atoms with van der Waals surface area (Å²) in [7, 11) is -3.71. The van der Waals surface area contributed by atoms with Gasteiger partial charge in [-0.15, -0.1) is 22.7 Å². The van der Waals surface area contributed by atoms with Gasteiger partial charge in [0.05, 0.1) is 5.56 Å². The van der Waals surface area contributed by atoms with Crippen molar-refractivity contribution in [2.24, 2.45) is 0 Å². The van der Waals surface area contributed by atoms with Gasteiger partial charge in [0.1, 0.15) is 9.21 Å². The second-order valence-corrected chi connectivity index (χ2v) is 7.91. The van der Waals surface area contributed by atoms with Crippen LogP contribution in [0.2, 0.25) is 0 Å². The maximum atomic E-state index is 12.1. The van der Waals surface area contributed by atoms with E-state index in [1.54, 1.807) is 25.3 Å². The fourth-order valence-corrected chi connectivity index (χ4v) is 4.90. The Morgan fingerprint density at radius 2 is 2.05 bits per heavy atom. The monoisotopic (exact) mass is 317 g/mol. The minimum atomic E-state index is -3.71. The van der Waals surface area contributed by atoms with Crippen molar-refractivity contribution in [2.45, 2.75) is 18.1 Å². The van der Waals surface area contributed by atoms with Crippen molar-refractivity contribution in [2.75, 3.05) is 4.72 Å². The third-order valence-electron chi connectivity index (χ3n) is 2.59. The molecule has 0 fully saturated rings. The molecule has 0 amide bonds. The molecule has 19 heavy (non-hydrogen) atoms. The van der Waals surface area contributed by atoms with E-state index in [1.807, 2.05) is 0 Å². The predicted octanol–water partition coefficient (Wildman–Crippen LogP) is 2.93. The van der Waals surface area contributed by atoms with E-state index in [9.17, 15) is 13.2 Å². The first kappa shape index (κ1) is 14.0. The fourth-order valence-electron chi connectivity index (χ4n) is 1.55. The molecule has 5 nitrogen and oxygen atoms in total. The summed E-state index contributed by atoms with van der Waals surface area (Å²) in [6.07, 6.45) is 0. The minimum absolute atomic E-state index is 0.0163. The Balaban J connectivity index is 2.45. The van der Waals surface area contributed by atoms with Crippen molar-refractivity contribution in [3.63, 3.8) is 0 Å². The first-order valence-corrected chi connectivity index (χ1v) is 8.40. The summed E-state index contributed by atoms with van der Waals surface area (Å²) >= 11 is 2.21. The number of hydrogen-bond acceptors (Lipinski definition) is 5. The quantitative estimate of drug-likeness (QED) is 0.908. The molecule has 0 unspecified atom stereocenters. The Hall–Kier alpha value is -1.38. The number of anilines is 1. The van der Waals surface area contributed by atoms with Crippen LogP contribution in [0.3, 0.4) is 0 Å². The van der Waals surface area contributed by atoms with Crippen LogP contribution in [0.1, 0.15) is 20.8 Å². The molecule has 0 aromatic carbocycles. The third-order valence-corrected chi connectivity index (χ3v) is 6.59. The zero-order chi connectivity index (χ0) is 14.2. The number of aromatic carboxylic acids is 1. The maximum absolute atomic E-state index is 12.1. The van der Waals surface area contributed by atoms with E-state index in [0.717, 1.165) is 27.6 Å². The minimum Gasteiger partial charge on any atom is -0.478 e. The lowest BCUT2D eigenvalue weighted by Crippen LogP contribution is -2.13. The van der Waals surface area contributed by atoms with Crippen molar-refractivity contribution in [3.8, 4) is 0 Å². The molecule has 102 valence electrons. The van der Waals surface area contributed by atoms with Crippen LogP contribution in [0.15, 0.2) is 21.7 Å². The van der Waals surface area contributed by atoms with Gasteiger partial charge < -0.3 is 5.11 Å². The van der Waals surface area contributed by atoms with Gasteiger partial charge in [-0.1, -0.05) is 6.07 Å². The zero-order valence-corrected chi connectivity index (χ0v) is 12.6. The number of hydrogen-bond donors (Lipinski definition) is 2. The number of nitrogens with one attached hydrogen (secondary N) is 1. The van der Waals surface area contributed by atoms with Crippen LogP contribution in [0, 0.1) is 13.8 Å². The van der Waals surface area contributed by atoms with E-state index < -0.39 is 16.0 Å². The lowest BCUT2D eigenvalue weighted by atomic mass is 10.2. The number of carboxylic acids is 1. The van der Waals surface area contributed by atoms with Crippen molar-refractivity contribution < 1.29 is 18.3 Å². The standard InChI is InChI=1S/C11H11NO4S3/c1-6-7(2)18-10(9(6)11(13)14)12-19(15,16)8-4-3-5-17-8/h3-5,12H,1-2H3,(H,13,14). The lowest BCUT2D eigenvalue weighted by molar-refractivity contribution is 0.0697. The molecule has 0 saturated heterocycles. The van der Waals surface area contributed by atoms with Gasteiger partial charge in [0, 0.05) is 4.88 Å². The summed E-state index contributed by atoms with van der Waals surface area (Å²) in [5, 5.41) is 11.0. The highest BCUT2D eigenvalue weighted by molar-refractivity contribution is 7.94. The maximum Gasteiger partial charge on any atom is 0.339 e. The number of sulfonamides is 1. The average Bonchev–Trinajstić information content (AvgIpc) is 2.88. The van der Waals surface area contributed by atoms with Crippen molar-refractivity contribution in [1.29, 1.82) is 0 Å². The second kappa shape index (κ2) is 4.95. The van der Waals surface area contributed by atoms with Crippen molar-refractivity contribution in [3.05, 3.63) is 33.5 Å². The normalized spacial score (nSPS) is 11.5. The number of carboxylic acid groups (broad SMARTS) is 1. The number of rotatable bonds is 4. The first-order chi connectivity index (χ1) is 8.83. The Morgan fingerprint density at radius 3 is 2.58 bits per heavy atom. The number of carbonyl (C=O) groups is 1. The van der Waals surface area contributed by atoms with E-state index in [1.165, 1.54) is 6.07 Å². The molecule has 2 aromatic heterocycles. The first-order valence-electron chi connectivity index (χ1n) is 5.22. The number of aryl methyl sites for hydroxylation is 1. The van der Waals surface area contributed by atoms with Crippen LogP contribution in [-0.4, -0.2) is 19.5 Å². The summed E-state index contributed by atoms with van der Waals surface area (Å²) in [5.74, 6) is -1.13. The fraction of sp³-hybridized carbons (Fsp3) is 0.182. The topological polar surface area (TPSA) is 83.5 Å². The highest BCUT2D eigenvalue weighted by Crippen LogP contribution is 2.34. The molecule has 0 bridgehead atoms. The molecule has 0 aliphatic rings. The molecule has 0 aliphatic carbocycles. The summed E-state index contributed by atoms with van der Waals surface area (Å²) in [5.41, 5.74) is 0.601. The highest BCUT2D eigenvalue weighted by atomic mass is 32.2. The summed E-state index contributed by atoms with van der Waals surface area (Å²) in [6, 6.07) is 3.10. The van der Waals surface area contributed by atoms with Gasteiger partial charge in [-0.25, -0.2) is 13.2 Å². The summed E-state index contributed by atoms with van der Waals surface area (Å²) in [6.45, 7) is 3.42. The van der Waals surface area contributed by atoms with E-state index in [4.69, 9.17) is 5.11 Å². The van der Waals surface area contributed by atoms with Gasteiger partial charge in [-0.05, 0) is 30.9 Å². The molecule has 2 rings (SSSR count). The van der Waals surface area contributed by atoms with E-state index in [2.05, 4.69) is 4.72 Å². The molecule has 0 radical (unpaired) electrons. The molecule has 8 heteroatoms. The van der Waals surface area contributed by atoms with Crippen LogP contribution in [0.25, 0.3) is 0 Å². The molecular formula is C11H11NO4S3. The Bertz CT molecular complexity index is 713. The molecule has 0 aliphatic heterocycles. The van der Waals surface area contributed by atoms with Gasteiger partial charge >= 0.3 is 5.97 Å². The Morgan fingerprint density at radius 1 is 1.37 bits per heavy atom. The summed E-state index contributed by atoms with van der Waals surface area (Å²) in [4.78, 5) is 12.0. The van der Waals surface area contributed by atoms with Crippen LogP contribution in [-0.2, 0) is 10.0 Å². The molecule has 0 saturated carbocycles. The van der Waals surface area contributed by atoms with Gasteiger partial charge in [0.15, 0.2) is 0 Å². The van der Waals surface area contributed by atoms with Gasteiger partial charge in [-0.2, -0.15) is 0 Å².